The van der Waals surface area contributed by atoms with Gasteiger partial charge >= 0.3 is 11.9 Å². The van der Waals surface area contributed by atoms with E-state index in [9.17, 15) is 9.59 Å². The van der Waals surface area contributed by atoms with Crippen molar-refractivity contribution in [1.82, 2.24) is 4.90 Å². The van der Waals surface area contributed by atoms with Crippen LogP contribution < -0.4 is 0 Å². The Labute approximate surface area is 115 Å². The highest BCUT2D eigenvalue weighted by molar-refractivity contribution is 5.82. The van der Waals surface area contributed by atoms with Gasteiger partial charge in [0.2, 0.25) is 0 Å². The van der Waals surface area contributed by atoms with Crippen LogP contribution in [0.1, 0.15) is 40.0 Å². The first kappa shape index (κ1) is 16.0. The molecule has 0 spiro atoms. The molecule has 1 fully saturated rings. The highest BCUT2D eigenvalue weighted by Gasteiger charge is 2.32. The van der Waals surface area contributed by atoms with Gasteiger partial charge in [0.1, 0.15) is 6.04 Å². The molecular weight excluding hydrogens is 246 g/mol. The molecule has 0 unspecified atom stereocenters. The molecule has 1 aliphatic heterocycles. The molecule has 0 N–H and O–H groups in total. The minimum atomic E-state index is -0.494. The molecule has 0 aromatic rings. The summed E-state index contributed by atoms with van der Waals surface area (Å²) in [4.78, 5) is 25.7. The molecule has 1 heterocycles. The zero-order valence-corrected chi connectivity index (χ0v) is 12.2. The monoisotopic (exact) mass is 271 g/mol. The topological polar surface area (TPSA) is 55.8 Å². The number of nitrogens with zero attached hydrogens (tertiary/aromatic N) is 1. The fourth-order valence-electron chi connectivity index (χ4n) is 2.32. The number of carbonyl (C=O) groups is 2. The third-order valence-corrected chi connectivity index (χ3v) is 3.48. The second-order valence-corrected chi connectivity index (χ2v) is 5.00. The number of likely N-dealkylation sites (tertiary alicyclic amines) is 1. The van der Waals surface area contributed by atoms with Crippen molar-refractivity contribution in [1.29, 1.82) is 0 Å². The van der Waals surface area contributed by atoms with Gasteiger partial charge in [-0.05, 0) is 45.7 Å². The van der Waals surface area contributed by atoms with E-state index in [1.54, 1.807) is 13.8 Å². The Bertz CT molecular complexity index is 298. The average Bonchev–Trinajstić information content (AvgIpc) is 2.38. The summed E-state index contributed by atoms with van der Waals surface area (Å²) in [6.07, 6.45) is 2.19. The highest BCUT2D eigenvalue weighted by atomic mass is 16.5. The molecule has 5 nitrogen and oxygen atoms in total. The zero-order valence-electron chi connectivity index (χ0n) is 12.2. The van der Waals surface area contributed by atoms with E-state index in [0.29, 0.717) is 19.1 Å². The fraction of sp³-hybridized carbons (Fsp3) is 0.857. The minimum Gasteiger partial charge on any atom is -0.466 e. The number of esters is 2. The first-order chi connectivity index (χ1) is 9.08. The van der Waals surface area contributed by atoms with E-state index in [-0.39, 0.29) is 18.4 Å². The third-order valence-electron chi connectivity index (χ3n) is 3.48. The van der Waals surface area contributed by atoms with Gasteiger partial charge in [-0.2, -0.15) is 0 Å². The van der Waals surface area contributed by atoms with Gasteiger partial charge in [0.25, 0.3) is 0 Å². The van der Waals surface area contributed by atoms with Crippen LogP contribution in [0.2, 0.25) is 0 Å². The summed E-state index contributed by atoms with van der Waals surface area (Å²) < 4.78 is 10.0. The lowest BCUT2D eigenvalue weighted by Crippen LogP contribution is -2.47. The summed E-state index contributed by atoms with van der Waals surface area (Å²) in [7, 11) is 0. The molecule has 0 aliphatic carbocycles. The van der Waals surface area contributed by atoms with Crippen molar-refractivity contribution in [2.24, 2.45) is 5.92 Å². The molecule has 5 heteroatoms. The van der Waals surface area contributed by atoms with Crippen LogP contribution in [0.4, 0.5) is 0 Å². The van der Waals surface area contributed by atoms with E-state index in [0.717, 1.165) is 25.9 Å². The summed E-state index contributed by atoms with van der Waals surface area (Å²) in [6.45, 7) is 8.10. The number of carbonyl (C=O) groups excluding carboxylic acids is 2. The van der Waals surface area contributed by atoms with Crippen molar-refractivity contribution in [3.63, 3.8) is 0 Å². The Balaban J connectivity index is 2.63. The van der Waals surface area contributed by atoms with Crippen LogP contribution in [0, 0.1) is 5.92 Å². The maximum Gasteiger partial charge on any atom is 0.323 e. The predicted molar refractivity (Wildman–Crippen MR) is 71.6 cm³/mol. The molecule has 1 saturated heterocycles. The normalized spacial score (nSPS) is 18.9. The Kier molecular flexibility index (Phi) is 6.84. The van der Waals surface area contributed by atoms with Crippen LogP contribution in [-0.4, -0.2) is 49.2 Å². The van der Waals surface area contributed by atoms with Crippen molar-refractivity contribution < 1.29 is 19.1 Å². The lowest BCUT2D eigenvalue weighted by molar-refractivity contribution is -0.156. The number of ether oxygens (including phenoxy) is 2. The van der Waals surface area contributed by atoms with E-state index < -0.39 is 6.04 Å². The Morgan fingerprint density at radius 3 is 2.26 bits per heavy atom. The first-order valence-electron chi connectivity index (χ1n) is 7.14. The summed E-state index contributed by atoms with van der Waals surface area (Å²) in [5, 5.41) is 0. The first-order valence-corrected chi connectivity index (χ1v) is 7.14. The average molecular weight is 271 g/mol. The minimum absolute atomic E-state index is 0.0844. The predicted octanol–water partition coefficient (Wildman–Crippen LogP) is 1.60. The van der Waals surface area contributed by atoms with E-state index >= 15 is 0 Å². The van der Waals surface area contributed by atoms with E-state index in [2.05, 4.69) is 11.8 Å². The molecule has 1 atom stereocenters. The molecule has 0 amide bonds. The van der Waals surface area contributed by atoms with Gasteiger partial charge in [0.15, 0.2) is 0 Å². The van der Waals surface area contributed by atoms with E-state index in [1.807, 2.05) is 0 Å². The molecule has 1 aliphatic rings. The Morgan fingerprint density at radius 1 is 1.16 bits per heavy atom. The van der Waals surface area contributed by atoms with Crippen molar-refractivity contribution in [3.05, 3.63) is 0 Å². The van der Waals surface area contributed by atoms with Crippen molar-refractivity contribution in [2.75, 3.05) is 26.3 Å². The third kappa shape index (κ3) is 5.19. The standard InChI is InChI=1S/C14H25NO4/c1-4-18-13(16)10-12(14(17)19-5-2)15-8-6-11(3)7-9-15/h11-12H,4-10H2,1-3H3/t12-/m0/s1. The second-order valence-electron chi connectivity index (χ2n) is 5.00. The summed E-state index contributed by atoms with van der Waals surface area (Å²) in [5.74, 6) is 0.0333. The summed E-state index contributed by atoms with van der Waals surface area (Å²) in [5.41, 5.74) is 0. The van der Waals surface area contributed by atoms with E-state index in [1.165, 1.54) is 0 Å². The summed E-state index contributed by atoms with van der Waals surface area (Å²) >= 11 is 0. The van der Waals surface area contributed by atoms with Gasteiger partial charge in [-0.1, -0.05) is 6.92 Å². The molecule has 0 bridgehead atoms. The molecule has 0 aromatic carbocycles. The second kappa shape index (κ2) is 8.15. The van der Waals surface area contributed by atoms with Crippen molar-refractivity contribution in [2.45, 2.75) is 46.1 Å². The van der Waals surface area contributed by atoms with Crippen LogP contribution >= 0.6 is 0 Å². The van der Waals surface area contributed by atoms with Crippen molar-refractivity contribution >= 4 is 11.9 Å². The SMILES string of the molecule is CCOC(=O)C[C@@H](C(=O)OCC)N1CCC(C)CC1. The number of hydrogen-bond donors (Lipinski definition) is 0. The van der Waals surface area contributed by atoms with Gasteiger partial charge < -0.3 is 9.47 Å². The highest BCUT2D eigenvalue weighted by Crippen LogP contribution is 2.20. The largest absolute Gasteiger partial charge is 0.466 e. The lowest BCUT2D eigenvalue weighted by atomic mass is 9.97. The van der Waals surface area contributed by atoms with Crippen LogP contribution in [0.5, 0.6) is 0 Å². The van der Waals surface area contributed by atoms with Crippen LogP contribution in [0.15, 0.2) is 0 Å². The lowest BCUT2D eigenvalue weighted by Gasteiger charge is -2.34. The molecular formula is C14H25NO4. The molecule has 19 heavy (non-hydrogen) atoms. The van der Waals surface area contributed by atoms with Gasteiger partial charge in [0.05, 0.1) is 19.6 Å². The van der Waals surface area contributed by atoms with Crippen LogP contribution in [0.25, 0.3) is 0 Å². The number of piperidine rings is 1. The van der Waals surface area contributed by atoms with Crippen LogP contribution in [0.3, 0.4) is 0 Å². The van der Waals surface area contributed by atoms with Gasteiger partial charge in [-0.25, -0.2) is 0 Å². The molecule has 0 aromatic heterocycles. The summed E-state index contributed by atoms with van der Waals surface area (Å²) in [6, 6.07) is -0.494. The molecule has 110 valence electrons. The van der Waals surface area contributed by atoms with Gasteiger partial charge in [-0.15, -0.1) is 0 Å². The fourth-order valence-corrected chi connectivity index (χ4v) is 2.32. The molecule has 1 rings (SSSR count). The quantitative estimate of drug-likeness (QED) is 0.687. The maximum atomic E-state index is 12.0. The van der Waals surface area contributed by atoms with E-state index in [4.69, 9.17) is 9.47 Å². The number of rotatable bonds is 6. The zero-order chi connectivity index (χ0) is 14.3. The smallest absolute Gasteiger partial charge is 0.323 e. The number of hydrogen-bond acceptors (Lipinski definition) is 5. The Morgan fingerprint density at radius 2 is 1.74 bits per heavy atom. The van der Waals surface area contributed by atoms with Gasteiger partial charge in [-0.3, -0.25) is 14.5 Å². The molecule has 0 radical (unpaired) electrons. The van der Waals surface area contributed by atoms with Crippen LogP contribution in [-0.2, 0) is 19.1 Å². The maximum absolute atomic E-state index is 12.0. The Hall–Kier alpha value is -1.10. The molecule has 0 saturated carbocycles. The van der Waals surface area contributed by atoms with Gasteiger partial charge in [0, 0.05) is 0 Å². The van der Waals surface area contributed by atoms with Crippen molar-refractivity contribution in [3.8, 4) is 0 Å².